The molecule has 1 heterocycles. The van der Waals surface area contributed by atoms with E-state index in [4.69, 9.17) is 14.2 Å². The van der Waals surface area contributed by atoms with E-state index in [2.05, 4.69) is 4.98 Å². The average molecular weight is 523 g/mol. The van der Waals surface area contributed by atoms with E-state index in [0.717, 1.165) is 4.31 Å². The maximum absolute atomic E-state index is 13.9. The number of hydrogen-bond donors (Lipinski definition) is 1. The largest absolute Gasteiger partial charge is 0.497 e. The highest BCUT2D eigenvalue weighted by atomic mass is 32.2. The topological polar surface area (TPSA) is 115 Å². The number of carbonyl (C=O) groups excluding carboxylic acids is 1. The predicted octanol–water partition coefficient (Wildman–Crippen LogP) is 3.72. The van der Waals surface area contributed by atoms with Crippen molar-refractivity contribution < 1.29 is 27.4 Å². The fourth-order valence-corrected chi connectivity index (χ4v) is 5.52. The Hall–Kier alpha value is -4.15. The molecule has 0 saturated heterocycles. The predicted molar refractivity (Wildman–Crippen MR) is 138 cm³/mol. The number of H-pyrrole nitrogens is 1. The molecule has 0 atom stereocenters. The van der Waals surface area contributed by atoms with E-state index in [0.29, 0.717) is 28.0 Å². The van der Waals surface area contributed by atoms with Gasteiger partial charge in [-0.15, -0.1) is 0 Å². The minimum atomic E-state index is -4.25. The molecule has 0 radical (unpaired) electrons. The minimum Gasteiger partial charge on any atom is -0.497 e. The number of nitrogens with one attached hydrogen (secondary N) is 1. The van der Waals surface area contributed by atoms with Gasteiger partial charge in [-0.1, -0.05) is 24.3 Å². The van der Waals surface area contributed by atoms with E-state index in [9.17, 15) is 18.0 Å². The Labute approximate surface area is 214 Å². The molecule has 0 amide bonds. The lowest BCUT2D eigenvalue weighted by molar-refractivity contribution is 0.0596. The molecule has 0 aliphatic heterocycles. The molecule has 0 aliphatic carbocycles. The third kappa shape index (κ3) is 5.50. The van der Waals surface area contributed by atoms with E-state index in [1.807, 2.05) is 0 Å². The van der Waals surface area contributed by atoms with Crippen molar-refractivity contribution in [2.45, 2.75) is 18.0 Å². The Kier molecular flexibility index (Phi) is 7.61. The number of pyridine rings is 1. The van der Waals surface area contributed by atoms with Gasteiger partial charge >= 0.3 is 5.97 Å². The molecule has 0 unspecified atom stereocenters. The van der Waals surface area contributed by atoms with Crippen molar-refractivity contribution in [1.82, 2.24) is 9.29 Å². The van der Waals surface area contributed by atoms with Gasteiger partial charge in [-0.05, 0) is 53.4 Å². The van der Waals surface area contributed by atoms with Crippen LogP contribution >= 0.6 is 0 Å². The summed E-state index contributed by atoms with van der Waals surface area (Å²) in [4.78, 5) is 27.9. The number of hydrogen-bond acceptors (Lipinski definition) is 7. The van der Waals surface area contributed by atoms with Gasteiger partial charge in [0, 0.05) is 24.7 Å². The fraction of sp³-hybridized carbons (Fsp3) is 0.185. The van der Waals surface area contributed by atoms with E-state index in [1.165, 1.54) is 39.5 Å². The van der Waals surface area contributed by atoms with Gasteiger partial charge in [-0.2, -0.15) is 4.31 Å². The zero-order valence-corrected chi connectivity index (χ0v) is 21.4. The summed E-state index contributed by atoms with van der Waals surface area (Å²) in [5.74, 6) is 0.427. The lowest BCUT2D eigenvalue weighted by Crippen LogP contribution is -2.33. The summed E-state index contributed by atoms with van der Waals surface area (Å²) in [6, 6.07) is 19.6. The highest BCUT2D eigenvalue weighted by Gasteiger charge is 2.30. The van der Waals surface area contributed by atoms with Crippen molar-refractivity contribution in [3.05, 3.63) is 99.8 Å². The third-order valence-corrected chi connectivity index (χ3v) is 7.75. The lowest BCUT2D eigenvalue weighted by atomic mass is 10.1. The number of aromatic amines is 1. The molecule has 0 bridgehead atoms. The third-order valence-electron chi connectivity index (χ3n) is 5.90. The van der Waals surface area contributed by atoms with Gasteiger partial charge in [-0.3, -0.25) is 4.79 Å². The van der Waals surface area contributed by atoms with Crippen molar-refractivity contribution in [3.8, 4) is 11.5 Å². The number of rotatable bonds is 9. The molecule has 192 valence electrons. The summed E-state index contributed by atoms with van der Waals surface area (Å²) in [5.41, 5.74) is 0.946. The van der Waals surface area contributed by atoms with Crippen LogP contribution in [0.2, 0.25) is 0 Å². The van der Waals surface area contributed by atoms with Gasteiger partial charge in [0.15, 0.2) is 0 Å². The van der Waals surface area contributed by atoms with Crippen LogP contribution in [0, 0.1) is 0 Å². The Bertz CT molecular complexity index is 1600. The van der Waals surface area contributed by atoms with Crippen molar-refractivity contribution in [2.75, 3.05) is 21.3 Å². The first-order valence-corrected chi connectivity index (χ1v) is 12.7. The molecule has 4 aromatic rings. The van der Waals surface area contributed by atoms with E-state index in [-0.39, 0.29) is 29.1 Å². The van der Waals surface area contributed by atoms with Crippen LogP contribution in [0.5, 0.6) is 11.5 Å². The second-order valence-electron chi connectivity index (χ2n) is 8.19. The van der Waals surface area contributed by atoms with Crippen LogP contribution < -0.4 is 15.0 Å². The van der Waals surface area contributed by atoms with Crippen LogP contribution in [0.15, 0.2) is 82.5 Å². The van der Waals surface area contributed by atoms with Crippen LogP contribution in [0.3, 0.4) is 0 Å². The first kappa shape index (κ1) is 25.9. The molecule has 0 fully saturated rings. The van der Waals surface area contributed by atoms with Crippen LogP contribution in [0.4, 0.5) is 0 Å². The molecular formula is C27H26N2O7S. The molecular weight excluding hydrogens is 496 g/mol. The molecule has 1 aromatic heterocycles. The van der Waals surface area contributed by atoms with Crippen LogP contribution in [-0.4, -0.2) is 45.0 Å². The summed E-state index contributed by atoms with van der Waals surface area (Å²) >= 11 is 0. The summed E-state index contributed by atoms with van der Waals surface area (Å²) in [7, 11) is 0.00212. The quantitative estimate of drug-likeness (QED) is 0.333. The second kappa shape index (κ2) is 10.9. The molecule has 3 aromatic carbocycles. The number of carbonyl (C=O) groups is 1. The number of sulfonamides is 1. The van der Waals surface area contributed by atoms with Crippen LogP contribution in [0.1, 0.15) is 21.5 Å². The molecule has 0 aliphatic rings. The van der Waals surface area contributed by atoms with Crippen molar-refractivity contribution >= 4 is 26.9 Å². The number of benzene rings is 3. The zero-order chi connectivity index (χ0) is 26.6. The van der Waals surface area contributed by atoms with Gasteiger partial charge < -0.3 is 19.2 Å². The van der Waals surface area contributed by atoms with Crippen molar-refractivity contribution in [3.63, 3.8) is 0 Å². The maximum Gasteiger partial charge on any atom is 0.339 e. The monoisotopic (exact) mass is 522 g/mol. The Balaban J connectivity index is 1.80. The number of methoxy groups -OCH3 is 3. The maximum atomic E-state index is 13.9. The lowest BCUT2D eigenvalue weighted by Gasteiger charge is -2.23. The smallest absolute Gasteiger partial charge is 0.339 e. The van der Waals surface area contributed by atoms with Gasteiger partial charge in [0.05, 0.1) is 37.3 Å². The van der Waals surface area contributed by atoms with Crippen LogP contribution in [0.25, 0.3) is 10.9 Å². The van der Waals surface area contributed by atoms with Gasteiger partial charge in [0.25, 0.3) is 5.56 Å². The average Bonchev–Trinajstić information content (AvgIpc) is 2.92. The van der Waals surface area contributed by atoms with Crippen molar-refractivity contribution in [2.24, 2.45) is 0 Å². The summed E-state index contributed by atoms with van der Waals surface area (Å²) in [6.07, 6.45) is 0. The molecule has 37 heavy (non-hydrogen) atoms. The SMILES string of the molecule is COC(=O)c1ccccc1S(=O)(=O)N(Cc1ccc(OC)cc1)Cc1cc2ccc(OC)cc2[nH]c1=O. The number of esters is 1. The molecule has 9 nitrogen and oxygen atoms in total. The van der Waals surface area contributed by atoms with E-state index in [1.54, 1.807) is 54.6 Å². The normalized spacial score (nSPS) is 11.5. The highest BCUT2D eigenvalue weighted by Crippen LogP contribution is 2.26. The minimum absolute atomic E-state index is 0.0536. The number of fused-ring (bicyclic) bond motifs is 1. The Morgan fingerprint density at radius 2 is 1.54 bits per heavy atom. The molecule has 0 spiro atoms. The summed E-state index contributed by atoms with van der Waals surface area (Å²) in [5, 5.41) is 0.715. The zero-order valence-electron chi connectivity index (χ0n) is 20.6. The second-order valence-corrected chi connectivity index (χ2v) is 10.1. The summed E-state index contributed by atoms with van der Waals surface area (Å²) < 4.78 is 44.2. The first-order valence-electron chi connectivity index (χ1n) is 11.3. The van der Waals surface area contributed by atoms with Gasteiger partial charge in [-0.25, -0.2) is 13.2 Å². The van der Waals surface area contributed by atoms with Crippen molar-refractivity contribution in [1.29, 1.82) is 0 Å². The Morgan fingerprint density at radius 3 is 2.22 bits per heavy atom. The van der Waals surface area contributed by atoms with Gasteiger partial charge in [0.2, 0.25) is 10.0 Å². The van der Waals surface area contributed by atoms with Gasteiger partial charge in [0.1, 0.15) is 11.5 Å². The van der Waals surface area contributed by atoms with E-state index >= 15 is 0 Å². The number of ether oxygens (including phenoxy) is 3. The molecule has 0 saturated carbocycles. The first-order chi connectivity index (χ1) is 17.8. The summed E-state index contributed by atoms with van der Waals surface area (Å²) in [6.45, 7) is -0.289. The van der Waals surface area contributed by atoms with E-state index < -0.39 is 21.6 Å². The standard InChI is InChI=1S/C27H26N2O7S/c1-34-21-11-8-18(9-12-21)16-29(37(32,33)25-7-5-4-6-23(25)27(31)36-3)17-20-14-19-10-13-22(35-2)15-24(19)28-26(20)30/h4-15H,16-17H2,1-3H3,(H,28,30). The van der Waals surface area contributed by atoms with Crippen LogP contribution in [-0.2, 0) is 27.8 Å². The molecule has 10 heteroatoms. The highest BCUT2D eigenvalue weighted by molar-refractivity contribution is 7.89. The number of aromatic nitrogens is 1. The Morgan fingerprint density at radius 1 is 0.865 bits per heavy atom. The fourth-order valence-electron chi connectivity index (χ4n) is 3.93. The molecule has 4 rings (SSSR count). The number of nitrogens with zero attached hydrogens (tertiary/aromatic N) is 1. The molecule has 1 N–H and O–H groups in total.